The monoisotopic (exact) mass is 591 g/mol. The molecule has 218 valence electrons. The highest BCUT2D eigenvalue weighted by Crippen LogP contribution is 2.40. The Balaban J connectivity index is 1.48. The van der Waals surface area contributed by atoms with E-state index in [1.807, 2.05) is 0 Å². The van der Waals surface area contributed by atoms with Gasteiger partial charge in [-0.2, -0.15) is 18.2 Å². The van der Waals surface area contributed by atoms with E-state index >= 15 is 0 Å². The van der Waals surface area contributed by atoms with Crippen molar-refractivity contribution in [1.82, 2.24) is 9.88 Å². The molecule has 1 unspecified atom stereocenters. The molecule has 1 aliphatic heterocycles. The molecule has 0 radical (unpaired) electrons. The number of aliphatic hydroxyl groups is 1. The SMILES string of the molecule is CS(=O)(=O)c1ccccc1Oc1cc(C(O)N2CCC(c3ccc(C(=O)N=C(N)N)cc3C(F)(F)F)CC2)ccn1. The lowest BCUT2D eigenvalue weighted by molar-refractivity contribution is -0.138. The fraction of sp³-hybridized carbons (Fsp3) is 0.296. The Bertz CT molecular complexity index is 1570. The van der Waals surface area contributed by atoms with Crippen LogP contribution >= 0.6 is 0 Å². The van der Waals surface area contributed by atoms with Gasteiger partial charge in [-0.1, -0.05) is 18.2 Å². The van der Waals surface area contributed by atoms with Crippen molar-refractivity contribution in [1.29, 1.82) is 0 Å². The van der Waals surface area contributed by atoms with Crippen LogP contribution in [0.2, 0.25) is 0 Å². The van der Waals surface area contributed by atoms with Gasteiger partial charge >= 0.3 is 6.18 Å². The van der Waals surface area contributed by atoms with Crippen LogP contribution in [0, 0.1) is 0 Å². The van der Waals surface area contributed by atoms with Crippen LogP contribution in [0.5, 0.6) is 11.6 Å². The second-order valence-corrected chi connectivity index (χ2v) is 11.6. The number of nitrogens with two attached hydrogens (primary N) is 2. The summed E-state index contributed by atoms with van der Waals surface area (Å²) in [4.78, 5) is 21.2. The largest absolute Gasteiger partial charge is 0.438 e. The number of hydrogen-bond acceptors (Lipinski definition) is 7. The maximum absolute atomic E-state index is 13.9. The Hall–Kier alpha value is -4.01. The van der Waals surface area contributed by atoms with E-state index < -0.39 is 45.6 Å². The number of benzene rings is 2. The number of pyridine rings is 1. The number of aliphatic hydroxyl groups excluding tert-OH is 1. The second-order valence-electron chi connectivity index (χ2n) is 9.57. The number of aliphatic imine (C=N–C) groups is 1. The number of piperidine rings is 1. The maximum Gasteiger partial charge on any atom is 0.416 e. The number of ether oxygens (including phenoxy) is 1. The van der Waals surface area contributed by atoms with E-state index in [0.717, 1.165) is 12.3 Å². The molecule has 1 saturated heterocycles. The van der Waals surface area contributed by atoms with Gasteiger partial charge in [-0.05, 0) is 54.7 Å². The first-order valence-electron chi connectivity index (χ1n) is 12.4. The first kappa shape index (κ1) is 30.0. The lowest BCUT2D eigenvalue weighted by Gasteiger charge is -2.36. The van der Waals surface area contributed by atoms with Crippen molar-refractivity contribution in [2.24, 2.45) is 16.5 Å². The number of aromatic nitrogens is 1. The van der Waals surface area contributed by atoms with E-state index in [-0.39, 0.29) is 40.7 Å². The second kappa shape index (κ2) is 11.8. The summed E-state index contributed by atoms with van der Waals surface area (Å²) >= 11 is 0. The topological polar surface area (TPSA) is 161 Å². The number of amides is 1. The number of guanidine groups is 1. The van der Waals surface area contributed by atoms with Gasteiger partial charge in [0.2, 0.25) is 5.88 Å². The molecule has 0 saturated carbocycles. The molecule has 2 heterocycles. The van der Waals surface area contributed by atoms with E-state index in [1.165, 1.54) is 36.5 Å². The summed E-state index contributed by atoms with van der Waals surface area (Å²) in [5.41, 5.74) is 9.61. The van der Waals surface area contributed by atoms with Crippen molar-refractivity contribution in [2.75, 3.05) is 19.3 Å². The van der Waals surface area contributed by atoms with E-state index in [4.69, 9.17) is 16.2 Å². The molecule has 5 N–H and O–H groups in total. The van der Waals surface area contributed by atoms with Crippen LogP contribution in [0.15, 0.2) is 70.7 Å². The molecule has 1 aromatic heterocycles. The highest BCUT2D eigenvalue weighted by Gasteiger charge is 2.37. The number of para-hydroxylation sites is 1. The molecule has 1 aliphatic rings. The van der Waals surface area contributed by atoms with Gasteiger partial charge in [0.1, 0.15) is 16.9 Å². The Kier molecular flexibility index (Phi) is 8.66. The number of carbonyl (C=O) groups excluding carboxylic acids is 1. The van der Waals surface area contributed by atoms with Crippen LogP contribution in [-0.4, -0.2) is 54.6 Å². The zero-order valence-electron chi connectivity index (χ0n) is 21.9. The van der Waals surface area contributed by atoms with E-state index in [1.54, 1.807) is 23.1 Å². The zero-order chi connectivity index (χ0) is 29.9. The summed E-state index contributed by atoms with van der Waals surface area (Å²) in [6.45, 7) is 0.570. The molecule has 0 spiro atoms. The lowest BCUT2D eigenvalue weighted by Crippen LogP contribution is -2.36. The summed E-state index contributed by atoms with van der Waals surface area (Å²) < 4.78 is 71.6. The average molecular weight is 592 g/mol. The van der Waals surface area contributed by atoms with Gasteiger partial charge in [0.15, 0.2) is 15.8 Å². The quantitative estimate of drug-likeness (QED) is 0.275. The first-order chi connectivity index (χ1) is 19.2. The van der Waals surface area contributed by atoms with Gasteiger partial charge in [0.25, 0.3) is 5.91 Å². The summed E-state index contributed by atoms with van der Waals surface area (Å²) in [6.07, 6.45) is -2.71. The smallest absolute Gasteiger partial charge is 0.416 e. The third kappa shape index (κ3) is 7.20. The van der Waals surface area contributed by atoms with Crippen molar-refractivity contribution in [3.8, 4) is 11.6 Å². The highest BCUT2D eigenvalue weighted by molar-refractivity contribution is 7.90. The number of sulfone groups is 1. The number of rotatable bonds is 7. The Morgan fingerprint density at radius 3 is 2.44 bits per heavy atom. The fourth-order valence-corrected chi connectivity index (χ4v) is 5.53. The Labute approximate surface area is 234 Å². The van der Waals surface area contributed by atoms with E-state index in [9.17, 15) is 31.5 Å². The molecule has 2 aromatic carbocycles. The standard InChI is InChI=1S/C27H28F3N5O5S/c1-41(38,39)22-5-3-2-4-21(22)40-23-15-18(8-11-33-23)25(37)35-12-9-16(10-13-35)19-7-6-17(24(36)34-26(31)32)14-20(19)27(28,29)30/h2-8,11,14-16,25,37H,9-10,12-13H2,1H3,(H4,31,32,34,36). The van der Waals surface area contributed by atoms with Crippen molar-refractivity contribution >= 4 is 21.7 Å². The minimum Gasteiger partial charge on any atom is -0.438 e. The van der Waals surface area contributed by atoms with E-state index in [0.29, 0.717) is 18.4 Å². The van der Waals surface area contributed by atoms with Crippen LogP contribution in [0.3, 0.4) is 0 Å². The van der Waals surface area contributed by atoms with Gasteiger partial charge in [-0.15, -0.1) is 0 Å². The van der Waals surface area contributed by atoms with Crippen LogP contribution in [0.25, 0.3) is 0 Å². The minimum atomic E-state index is -4.70. The predicted molar refractivity (Wildman–Crippen MR) is 144 cm³/mol. The number of hydrogen-bond donors (Lipinski definition) is 3. The van der Waals surface area contributed by atoms with Crippen LogP contribution in [0.4, 0.5) is 13.2 Å². The van der Waals surface area contributed by atoms with Crippen molar-refractivity contribution in [2.45, 2.75) is 36.1 Å². The summed E-state index contributed by atoms with van der Waals surface area (Å²) in [5, 5.41) is 11.0. The number of likely N-dealkylation sites (tertiary alicyclic amines) is 1. The van der Waals surface area contributed by atoms with E-state index in [2.05, 4.69) is 9.98 Å². The molecule has 0 aliphatic carbocycles. The minimum absolute atomic E-state index is 0.0123. The molecule has 1 atom stereocenters. The highest BCUT2D eigenvalue weighted by atomic mass is 32.2. The molecule has 4 rings (SSSR count). The third-order valence-corrected chi connectivity index (χ3v) is 7.81. The van der Waals surface area contributed by atoms with Crippen LogP contribution in [-0.2, 0) is 16.0 Å². The fourth-order valence-electron chi connectivity index (χ4n) is 4.73. The molecule has 3 aromatic rings. The molecule has 1 amide bonds. The summed E-state index contributed by atoms with van der Waals surface area (Å²) in [5.74, 6) is -1.84. The van der Waals surface area contributed by atoms with Crippen LogP contribution in [0.1, 0.15) is 52.0 Å². The summed E-state index contributed by atoms with van der Waals surface area (Å²) in [7, 11) is -3.56. The first-order valence-corrected chi connectivity index (χ1v) is 14.3. The van der Waals surface area contributed by atoms with Gasteiger partial charge in [-0.3, -0.25) is 9.69 Å². The van der Waals surface area contributed by atoms with Crippen molar-refractivity contribution in [3.05, 3.63) is 83.0 Å². The average Bonchev–Trinajstić information content (AvgIpc) is 2.91. The van der Waals surface area contributed by atoms with Gasteiger partial charge < -0.3 is 21.3 Å². The Morgan fingerprint density at radius 1 is 1.12 bits per heavy atom. The number of alkyl halides is 3. The molecule has 41 heavy (non-hydrogen) atoms. The normalized spacial score (nSPS) is 15.7. The molecular formula is C27H28F3N5O5S. The number of halogens is 3. The third-order valence-electron chi connectivity index (χ3n) is 6.67. The van der Waals surface area contributed by atoms with Crippen LogP contribution < -0.4 is 16.2 Å². The van der Waals surface area contributed by atoms with Crippen molar-refractivity contribution in [3.63, 3.8) is 0 Å². The lowest BCUT2D eigenvalue weighted by atomic mass is 9.85. The zero-order valence-corrected chi connectivity index (χ0v) is 22.7. The molecular weight excluding hydrogens is 563 g/mol. The molecule has 0 bridgehead atoms. The predicted octanol–water partition coefficient (Wildman–Crippen LogP) is 3.58. The van der Waals surface area contributed by atoms with Gasteiger partial charge in [-0.25, -0.2) is 13.4 Å². The summed E-state index contributed by atoms with van der Waals surface area (Å²) in [6, 6.07) is 12.4. The number of carbonyl (C=O) groups is 1. The maximum atomic E-state index is 13.9. The van der Waals surface area contributed by atoms with Crippen molar-refractivity contribution < 1.29 is 36.2 Å². The van der Waals surface area contributed by atoms with Gasteiger partial charge in [0, 0.05) is 42.7 Å². The molecule has 14 heteroatoms. The number of nitrogens with zero attached hydrogens (tertiary/aromatic N) is 3. The Morgan fingerprint density at radius 2 is 1.80 bits per heavy atom. The van der Waals surface area contributed by atoms with Gasteiger partial charge in [0.05, 0.1) is 5.56 Å². The molecule has 10 nitrogen and oxygen atoms in total. The molecule has 1 fully saturated rings.